The number of thiophene rings is 1. The van der Waals surface area contributed by atoms with Crippen molar-refractivity contribution in [2.45, 2.75) is 13.8 Å². The van der Waals surface area contributed by atoms with Crippen LogP contribution in [0.1, 0.15) is 20.8 Å². The van der Waals surface area contributed by atoms with Gasteiger partial charge in [-0.2, -0.15) is 0 Å². The molecule has 1 aliphatic heterocycles. The highest BCUT2D eigenvalue weighted by molar-refractivity contribution is 9.11. The van der Waals surface area contributed by atoms with Crippen molar-refractivity contribution in [3.63, 3.8) is 0 Å². The molecule has 1 aliphatic rings. The van der Waals surface area contributed by atoms with Gasteiger partial charge in [-0.15, -0.1) is 11.3 Å². The number of hydrogen-bond acceptors (Lipinski definition) is 3. The van der Waals surface area contributed by atoms with Crippen molar-refractivity contribution in [1.82, 2.24) is 4.90 Å². The second-order valence-electron chi connectivity index (χ2n) is 5.60. The molecule has 5 heteroatoms. The van der Waals surface area contributed by atoms with E-state index in [2.05, 4.69) is 52.9 Å². The Morgan fingerprint density at radius 3 is 2.45 bits per heavy atom. The van der Waals surface area contributed by atoms with Crippen LogP contribution in [0.5, 0.6) is 0 Å². The lowest BCUT2D eigenvalue weighted by atomic mass is 10.1. The zero-order valence-corrected chi connectivity index (χ0v) is 15.2. The van der Waals surface area contributed by atoms with Gasteiger partial charge in [0.25, 0.3) is 5.91 Å². The Morgan fingerprint density at radius 1 is 1.09 bits per heavy atom. The maximum absolute atomic E-state index is 12.5. The van der Waals surface area contributed by atoms with Gasteiger partial charge in [-0.25, -0.2) is 0 Å². The fraction of sp³-hybridized carbons (Fsp3) is 0.353. The number of piperazine rings is 1. The van der Waals surface area contributed by atoms with Crippen molar-refractivity contribution in [3.05, 3.63) is 50.1 Å². The molecular formula is C17H19BrN2OS. The minimum atomic E-state index is 0.149. The highest BCUT2D eigenvalue weighted by Gasteiger charge is 2.24. The lowest BCUT2D eigenvalue weighted by Crippen LogP contribution is -2.48. The molecule has 22 heavy (non-hydrogen) atoms. The topological polar surface area (TPSA) is 23.6 Å². The summed E-state index contributed by atoms with van der Waals surface area (Å²) in [4.78, 5) is 17.6. The van der Waals surface area contributed by atoms with E-state index in [-0.39, 0.29) is 5.91 Å². The molecule has 3 nitrogen and oxygen atoms in total. The molecule has 2 heterocycles. The smallest absolute Gasteiger partial charge is 0.264 e. The molecule has 0 aliphatic carbocycles. The molecular weight excluding hydrogens is 360 g/mol. The molecule has 1 aromatic heterocycles. The van der Waals surface area contributed by atoms with E-state index in [9.17, 15) is 4.79 Å². The summed E-state index contributed by atoms with van der Waals surface area (Å²) in [6.45, 7) is 7.66. The summed E-state index contributed by atoms with van der Waals surface area (Å²) in [5, 5.41) is 0. The molecule has 0 atom stereocenters. The molecule has 1 aromatic carbocycles. The van der Waals surface area contributed by atoms with E-state index in [4.69, 9.17) is 0 Å². The first kappa shape index (κ1) is 15.6. The Kier molecular flexibility index (Phi) is 4.54. The van der Waals surface area contributed by atoms with Crippen LogP contribution in [-0.2, 0) is 0 Å². The van der Waals surface area contributed by atoms with Crippen LogP contribution in [0.4, 0.5) is 5.69 Å². The number of carbonyl (C=O) groups is 1. The third-order valence-electron chi connectivity index (χ3n) is 4.27. The molecule has 0 unspecified atom stereocenters. The van der Waals surface area contributed by atoms with Crippen molar-refractivity contribution in [2.24, 2.45) is 0 Å². The van der Waals surface area contributed by atoms with Crippen molar-refractivity contribution in [1.29, 1.82) is 0 Å². The Bertz CT molecular complexity index is 690. The van der Waals surface area contributed by atoms with E-state index in [0.29, 0.717) is 0 Å². The van der Waals surface area contributed by atoms with Gasteiger partial charge in [0.15, 0.2) is 0 Å². The van der Waals surface area contributed by atoms with E-state index in [1.54, 1.807) is 0 Å². The van der Waals surface area contributed by atoms with Gasteiger partial charge < -0.3 is 9.80 Å². The predicted molar refractivity (Wildman–Crippen MR) is 96.1 cm³/mol. The Morgan fingerprint density at radius 2 is 1.82 bits per heavy atom. The van der Waals surface area contributed by atoms with Crippen LogP contribution in [0.2, 0.25) is 0 Å². The number of amides is 1. The molecule has 0 spiro atoms. The van der Waals surface area contributed by atoms with Crippen LogP contribution in [0, 0.1) is 13.8 Å². The highest BCUT2D eigenvalue weighted by atomic mass is 79.9. The van der Waals surface area contributed by atoms with E-state index >= 15 is 0 Å². The van der Waals surface area contributed by atoms with E-state index in [1.165, 1.54) is 28.2 Å². The lowest BCUT2D eigenvalue weighted by Gasteiger charge is -2.36. The summed E-state index contributed by atoms with van der Waals surface area (Å²) in [7, 11) is 0. The molecule has 3 rings (SSSR count). The Hall–Kier alpha value is -1.33. The van der Waals surface area contributed by atoms with Gasteiger partial charge in [-0.1, -0.05) is 12.1 Å². The monoisotopic (exact) mass is 378 g/mol. The molecule has 0 radical (unpaired) electrons. The third-order valence-corrected chi connectivity index (χ3v) is 5.88. The zero-order chi connectivity index (χ0) is 15.7. The second kappa shape index (κ2) is 6.42. The summed E-state index contributed by atoms with van der Waals surface area (Å²) < 4.78 is 1.00. The Balaban J connectivity index is 1.67. The van der Waals surface area contributed by atoms with Gasteiger partial charge >= 0.3 is 0 Å². The number of benzene rings is 1. The van der Waals surface area contributed by atoms with E-state index in [0.717, 1.165) is 34.8 Å². The largest absolute Gasteiger partial charge is 0.368 e. The number of rotatable bonds is 2. The highest BCUT2D eigenvalue weighted by Crippen LogP contribution is 2.26. The first-order valence-corrected chi connectivity index (χ1v) is 9.03. The van der Waals surface area contributed by atoms with Crippen LogP contribution >= 0.6 is 27.3 Å². The maximum atomic E-state index is 12.5. The quantitative estimate of drug-likeness (QED) is 0.785. The lowest BCUT2D eigenvalue weighted by molar-refractivity contribution is 0.0751. The van der Waals surface area contributed by atoms with Crippen molar-refractivity contribution < 1.29 is 4.79 Å². The normalized spacial score (nSPS) is 15.2. The second-order valence-corrected chi connectivity index (χ2v) is 8.07. The van der Waals surface area contributed by atoms with Crippen molar-refractivity contribution >= 4 is 38.9 Å². The minimum absolute atomic E-state index is 0.149. The van der Waals surface area contributed by atoms with Crippen molar-refractivity contribution in [3.8, 4) is 0 Å². The number of aryl methyl sites for hydroxylation is 1. The molecule has 1 fully saturated rings. The number of nitrogens with zero attached hydrogens (tertiary/aromatic N) is 2. The fourth-order valence-electron chi connectivity index (χ4n) is 2.81. The van der Waals surface area contributed by atoms with Gasteiger partial charge in [0.2, 0.25) is 0 Å². The predicted octanol–water partition coefficient (Wildman–Crippen LogP) is 4.09. The fourth-order valence-corrected chi connectivity index (χ4v) is 4.17. The van der Waals surface area contributed by atoms with Gasteiger partial charge in [0.1, 0.15) is 0 Å². The summed E-state index contributed by atoms with van der Waals surface area (Å²) in [5.41, 5.74) is 3.95. The molecule has 116 valence electrons. The first-order valence-electron chi connectivity index (χ1n) is 7.42. The number of anilines is 1. The minimum Gasteiger partial charge on any atom is -0.368 e. The average molecular weight is 379 g/mol. The molecule has 1 saturated heterocycles. The van der Waals surface area contributed by atoms with Crippen molar-refractivity contribution in [2.75, 3.05) is 31.1 Å². The molecule has 0 N–H and O–H groups in total. The SMILES string of the molecule is Cc1cccc(N2CCN(C(=O)c3ccc(Br)s3)CC2)c1C. The summed E-state index contributed by atoms with van der Waals surface area (Å²) in [5.74, 6) is 0.149. The van der Waals surface area contributed by atoms with Crippen LogP contribution in [-0.4, -0.2) is 37.0 Å². The maximum Gasteiger partial charge on any atom is 0.264 e. The van der Waals surface area contributed by atoms with Crippen LogP contribution in [0.25, 0.3) is 0 Å². The molecule has 2 aromatic rings. The van der Waals surface area contributed by atoms with Crippen LogP contribution in [0.3, 0.4) is 0 Å². The van der Waals surface area contributed by atoms with Gasteiger partial charge in [0.05, 0.1) is 8.66 Å². The average Bonchev–Trinajstić information content (AvgIpc) is 2.96. The third kappa shape index (κ3) is 3.06. The number of hydrogen-bond donors (Lipinski definition) is 0. The molecule has 1 amide bonds. The zero-order valence-electron chi connectivity index (χ0n) is 12.8. The van der Waals surface area contributed by atoms with Crippen LogP contribution in [0.15, 0.2) is 34.1 Å². The van der Waals surface area contributed by atoms with E-state index in [1.807, 2.05) is 17.0 Å². The first-order chi connectivity index (χ1) is 10.6. The van der Waals surface area contributed by atoms with Gasteiger partial charge in [0, 0.05) is 31.9 Å². The number of halogens is 1. The van der Waals surface area contributed by atoms with E-state index < -0.39 is 0 Å². The number of carbonyl (C=O) groups excluding carboxylic acids is 1. The molecule has 0 bridgehead atoms. The summed E-state index contributed by atoms with van der Waals surface area (Å²) in [6.07, 6.45) is 0. The van der Waals surface area contributed by atoms with Crippen LogP contribution < -0.4 is 4.90 Å². The van der Waals surface area contributed by atoms with Gasteiger partial charge in [-0.3, -0.25) is 4.79 Å². The summed E-state index contributed by atoms with van der Waals surface area (Å²) >= 11 is 4.92. The summed E-state index contributed by atoms with van der Waals surface area (Å²) in [6, 6.07) is 10.3. The standard InChI is InChI=1S/C17H19BrN2OS/c1-12-4-3-5-14(13(12)2)19-8-10-20(11-9-19)17(21)15-6-7-16(18)22-15/h3-7H,8-11H2,1-2H3. The van der Waals surface area contributed by atoms with Gasteiger partial charge in [-0.05, 0) is 59.1 Å². The Labute approximate surface area is 143 Å². The molecule has 0 saturated carbocycles.